The van der Waals surface area contributed by atoms with E-state index in [1.807, 2.05) is 40.7 Å². The molecular formula is C10H18N2. The number of nitrogens with zero attached hydrogens (tertiary/aromatic N) is 1. The maximum absolute atomic E-state index is 5.61. The van der Waals surface area contributed by atoms with E-state index in [1.54, 1.807) is 0 Å². The van der Waals surface area contributed by atoms with Crippen LogP contribution in [-0.2, 0) is 0 Å². The number of aromatic nitrogens is 1. The molecule has 0 aliphatic rings. The summed E-state index contributed by atoms with van der Waals surface area (Å²) in [6.07, 6.45) is 0. The average Bonchev–Trinajstić information content (AvgIpc) is 2.04. The number of anilines is 1. The molecule has 0 bridgehead atoms. The van der Waals surface area contributed by atoms with E-state index in [1.165, 1.54) is 5.56 Å². The maximum atomic E-state index is 5.61. The zero-order chi connectivity index (χ0) is 9.72. The third kappa shape index (κ3) is 2.53. The molecule has 0 fully saturated rings. The third-order valence-electron chi connectivity index (χ3n) is 1.70. The molecule has 0 amide bonds. The van der Waals surface area contributed by atoms with Crippen LogP contribution in [0.5, 0.6) is 0 Å². The second-order valence-electron chi connectivity index (χ2n) is 2.59. The Morgan fingerprint density at radius 3 is 2.08 bits per heavy atom. The van der Waals surface area contributed by atoms with Crippen molar-refractivity contribution in [3.63, 3.8) is 0 Å². The molecule has 2 N–H and O–H groups in total. The second-order valence-corrected chi connectivity index (χ2v) is 2.59. The van der Waals surface area contributed by atoms with Gasteiger partial charge in [0, 0.05) is 5.69 Å². The van der Waals surface area contributed by atoms with Gasteiger partial charge in [-0.1, -0.05) is 13.8 Å². The fourth-order valence-electron chi connectivity index (χ4n) is 0.930. The van der Waals surface area contributed by atoms with E-state index in [-0.39, 0.29) is 0 Å². The number of nitrogens with two attached hydrogens (primary N) is 1. The van der Waals surface area contributed by atoms with E-state index in [0.29, 0.717) is 5.82 Å². The van der Waals surface area contributed by atoms with Gasteiger partial charge in [0.2, 0.25) is 0 Å². The van der Waals surface area contributed by atoms with Crippen LogP contribution in [0.1, 0.15) is 30.7 Å². The van der Waals surface area contributed by atoms with E-state index < -0.39 is 0 Å². The molecule has 0 aliphatic carbocycles. The normalized spacial score (nSPS) is 8.75. The molecule has 2 heteroatoms. The van der Waals surface area contributed by atoms with E-state index in [4.69, 9.17) is 5.73 Å². The summed E-state index contributed by atoms with van der Waals surface area (Å²) in [6, 6.07) is 2.03. The Balaban J connectivity index is 0.000000561. The van der Waals surface area contributed by atoms with Crippen molar-refractivity contribution in [1.29, 1.82) is 0 Å². The standard InChI is InChI=1S/C8H12N2.C2H6/c1-5-4-6(2)10-8(9)7(5)3;1-2/h4H,1-3H3,(H2,9,10);1-2H3. The molecule has 0 spiro atoms. The molecule has 1 heterocycles. The van der Waals surface area contributed by atoms with Crippen molar-refractivity contribution in [2.75, 3.05) is 5.73 Å². The Morgan fingerprint density at radius 1 is 1.17 bits per heavy atom. The van der Waals surface area contributed by atoms with Crippen LogP contribution in [0, 0.1) is 20.8 Å². The highest BCUT2D eigenvalue weighted by molar-refractivity contribution is 5.44. The van der Waals surface area contributed by atoms with Gasteiger partial charge in [0.05, 0.1) is 0 Å². The SMILES string of the molecule is CC.Cc1cc(C)c(C)c(N)n1. The van der Waals surface area contributed by atoms with Crippen LogP contribution < -0.4 is 5.73 Å². The van der Waals surface area contributed by atoms with Crippen molar-refractivity contribution in [1.82, 2.24) is 4.98 Å². The molecule has 1 aromatic rings. The number of nitrogen functional groups attached to an aromatic ring is 1. The number of hydrogen-bond donors (Lipinski definition) is 1. The van der Waals surface area contributed by atoms with Crippen molar-refractivity contribution in [2.24, 2.45) is 0 Å². The summed E-state index contributed by atoms with van der Waals surface area (Å²) in [4.78, 5) is 4.11. The van der Waals surface area contributed by atoms with Gasteiger partial charge in [-0.15, -0.1) is 0 Å². The fraction of sp³-hybridized carbons (Fsp3) is 0.500. The van der Waals surface area contributed by atoms with Crippen LogP contribution in [-0.4, -0.2) is 4.98 Å². The first kappa shape index (κ1) is 11.0. The second kappa shape index (κ2) is 4.75. The van der Waals surface area contributed by atoms with Crippen molar-refractivity contribution in [2.45, 2.75) is 34.6 Å². The highest BCUT2D eigenvalue weighted by atomic mass is 14.8. The van der Waals surface area contributed by atoms with Crippen LogP contribution in [0.2, 0.25) is 0 Å². The topological polar surface area (TPSA) is 38.9 Å². The highest BCUT2D eigenvalue weighted by Crippen LogP contribution is 2.12. The Hall–Kier alpha value is -1.05. The number of hydrogen-bond acceptors (Lipinski definition) is 2. The Morgan fingerprint density at radius 2 is 1.67 bits per heavy atom. The molecule has 1 aromatic heterocycles. The van der Waals surface area contributed by atoms with Gasteiger partial charge >= 0.3 is 0 Å². The first-order valence-corrected chi connectivity index (χ1v) is 4.31. The molecule has 0 saturated carbocycles. The quantitative estimate of drug-likeness (QED) is 0.643. The average molecular weight is 166 g/mol. The molecule has 12 heavy (non-hydrogen) atoms. The zero-order valence-corrected chi connectivity index (χ0v) is 8.60. The number of aryl methyl sites for hydroxylation is 2. The smallest absolute Gasteiger partial charge is 0.126 e. The summed E-state index contributed by atoms with van der Waals surface area (Å²) < 4.78 is 0. The molecule has 0 aliphatic heterocycles. The predicted molar refractivity (Wildman–Crippen MR) is 54.2 cm³/mol. The highest BCUT2D eigenvalue weighted by Gasteiger charge is 1.98. The van der Waals surface area contributed by atoms with Crippen LogP contribution in [0.4, 0.5) is 5.82 Å². The number of pyridine rings is 1. The molecular weight excluding hydrogens is 148 g/mol. The maximum Gasteiger partial charge on any atom is 0.126 e. The lowest BCUT2D eigenvalue weighted by Crippen LogP contribution is -1.97. The largest absolute Gasteiger partial charge is 0.383 e. The van der Waals surface area contributed by atoms with E-state index >= 15 is 0 Å². The van der Waals surface area contributed by atoms with Gasteiger partial charge in [-0.25, -0.2) is 4.98 Å². The van der Waals surface area contributed by atoms with Crippen molar-refractivity contribution in [3.8, 4) is 0 Å². The molecule has 1 rings (SSSR count). The molecule has 0 aromatic carbocycles. The first-order valence-electron chi connectivity index (χ1n) is 4.31. The summed E-state index contributed by atoms with van der Waals surface area (Å²) in [5, 5.41) is 0. The first-order chi connectivity index (χ1) is 5.61. The van der Waals surface area contributed by atoms with Gasteiger partial charge in [-0.2, -0.15) is 0 Å². The summed E-state index contributed by atoms with van der Waals surface area (Å²) in [5.74, 6) is 0.650. The van der Waals surface area contributed by atoms with Crippen LogP contribution in [0.15, 0.2) is 6.07 Å². The lowest BCUT2D eigenvalue weighted by molar-refractivity contribution is 1.15. The Kier molecular flexibility index (Phi) is 4.34. The van der Waals surface area contributed by atoms with E-state index in [9.17, 15) is 0 Å². The van der Waals surface area contributed by atoms with Crippen LogP contribution in [0.25, 0.3) is 0 Å². The molecule has 0 atom stereocenters. The van der Waals surface area contributed by atoms with Gasteiger partial charge in [0.1, 0.15) is 5.82 Å². The summed E-state index contributed by atoms with van der Waals surface area (Å²) in [6.45, 7) is 9.97. The van der Waals surface area contributed by atoms with E-state index in [0.717, 1.165) is 11.3 Å². The molecule has 0 unspecified atom stereocenters. The van der Waals surface area contributed by atoms with Gasteiger partial charge < -0.3 is 5.73 Å². The van der Waals surface area contributed by atoms with E-state index in [2.05, 4.69) is 4.98 Å². The third-order valence-corrected chi connectivity index (χ3v) is 1.70. The minimum Gasteiger partial charge on any atom is -0.383 e. The summed E-state index contributed by atoms with van der Waals surface area (Å²) in [5.41, 5.74) is 8.90. The molecule has 2 nitrogen and oxygen atoms in total. The van der Waals surface area contributed by atoms with Crippen LogP contribution >= 0.6 is 0 Å². The molecule has 0 saturated heterocycles. The number of rotatable bonds is 0. The zero-order valence-electron chi connectivity index (χ0n) is 8.60. The Bertz CT molecular complexity index is 231. The molecule has 68 valence electrons. The van der Waals surface area contributed by atoms with Gasteiger partial charge in [0.25, 0.3) is 0 Å². The predicted octanol–water partition coefficient (Wildman–Crippen LogP) is 2.62. The lowest BCUT2D eigenvalue weighted by atomic mass is 10.1. The van der Waals surface area contributed by atoms with Gasteiger partial charge in [-0.3, -0.25) is 0 Å². The van der Waals surface area contributed by atoms with Crippen molar-refractivity contribution >= 4 is 5.82 Å². The lowest BCUT2D eigenvalue weighted by Gasteiger charge is -2.03. The summed E-state index contributed by atoms with van der Waals surface area (Å²) in [7, 11) is 0. The van der Waals surface area contributed by atoms with Crippen LogP contribution in [0.3, 0.4) is 0 Å². The molecule has 0 radical (unpaired) electrons. The fourth-order valence-corrected chi connectivity index (χ4v) is 0.930. The minimum absolute atomic E-state index is 0.650. The van der Waals surface area contributed by atoms with Gasteiger partial charge in [0.15, 0.2) is 0 Å². The van der Waals surface area contributed by atoms with Crippen molar-refractivity contribution < 1.29 is 0 Å². The van der Waals surface area contributed by atoms with Gasteiger partial charge in [-0.05, 0) is 38.0 Å². The Labute approximate surface area is 74.8 Å². The summed E-state index contributed by atoms with van der Waals surface area (Å²) >= 11 is 0. The minimum atomic E-state index is 0.650. The monoisotopic (exact) mass is 166 g/mol. The van der Waals surface area contributed by atoms with Crippen molar-refractivity contribution in [3.05, 3.63) is 22.9 Å².